The lowest BCUT2D eigenvalue weighted by atomic mass is 10.1. The lowest BCUT2D eigenvalue weighted by molar-refractivity contribution is -0.140. The van der Waals surface area contributed by atoms with Crippen LogP contribution in [0.4, 0.5) is 0 Å². The summed E-state index contributed by atoms with van der Waals surface area (Å²) in [6.45, 7) is 1.14. The first-order valence-electron chi connectivity index (χ1n) is 7.26. The van der Waals surface area contributed by atoms with Gasteiger partial charge in [0.2, 0.25) is 11.8 Å². The lowest BCUT2D eigenvalue weighted by Gasteiger charge is -2.15. The molecule has 2 atom stereocenters. The minimum absolute atomic E-state index is 0.175. The standard InChI is InChI=1S/C13H24N6O5/c1-7(20)9(5-11(22)23)19-10(21)6-18-12(24)8(14)3-2-4-17-13(15)16/h8-9H,2-6,14H2,1H3,(H,18,24)(H,19,21)(H,22,23)(H4,15,16,17)/t8-,9-/m0/s1. The predicted octanol–water partition coefficient (Wildman–Crippen LogP) is -2.76. The molecule has 0 aliphatic carbocycles. The van der Waals surface area contributed by atoms with Crippen LogP contribution in [0.15, 0.2) is 0 Å². The number of nitrogens with two attached hydrogens (primary N) is 2. The van der Waals surface area contributed by atoms with Gasteiger partial charge in [-0.1, -0.05) is 0 Å². The molecule has 0 aromatic heterocycles. The van der Waals surface area contributed by atoms with Gasteiger partial charge in [0.25, 0.3) is 0 Å². The average molecular weight is 344 g/mol. The Bertz CT molecular complexity index is 495. The second-order valence-electron chi connectivity index (χ2n) is 5.14. The smallest absolute Gasteiger partial charge is 0.305 e. The number of carbonyl (C=O) groups is 4. The number of amides is 2. The summed E-state index contributed by atoms with van der Waals surface area (Å²) in [6.07, 6.45) is 0.298. The van der Waals surface area contributed by atoms with E-state index in [0.29, 0.717) is 19.4 Å². The number of Topliss-reactive ketones (excluding diaryl/α,β-unsaturated/α-hetero) is 1. The third-order valence-corrected chi connectivity index (χ3v) is 2.97. The van der Waals surface area contributed by atoms with Gasteiger partial charge < -0.3 is 32.5 Å². The van der Waals surface area contributed by atoms with Gasteiger partial charge in [0.1, 0.15) is 0 Å². The highest BCUT2D eigenvalue weighted by molar-refractivity contribution is 5.92. The Morgan fingerprint density at radius 1 is 1.21 bits per heavy atom. The zero-order valence-electron chi connectivity index (χ0n) is 13.4. The van der Waals surface area contributed by atoms with Crippen molar-refractivity contribution in [1.29, 1.82) is 5.41 Å². The van der Waals surface area contributed by atoms with E-state index in [1.165, 1.54) is 0 Å². The Labute approximate surface area is 139 Å². The largest absolute Gasteiger partial charge is 0.481 e. The van der Waals surface area contributed by atoms with E-state index in [1.54, 1.807) is 0 Å². The molecule has 0 rings (SSSR count). The first-order chi connectivity index (χ1) is 11.1. The van der Waals surface area contributed by atoms with Gasteiger partial charge in [-0.25, -0.2) is 0 Å². The van der Waals surface area contributed by atoms with E-state index in [4.69, 9.17) is 22.0 Å². The number of ketones is 1. The predicted molar refractivity (Wildman–Crippen MR) is 85.0 cm³/mol. The molecular formula is C13H24N6O5. The average Bonchev–Trinajstić information content (AvgIpc) is 2.47. The quantitative estimate of drug-likeness (QED) is 0.119. The third kappa shape index (κ3) is 10.1. The Morgan fingerprint density at radius 3 is 2.33 bits per heavy atom. The van der Waals surface area contributed by atoms with Crippen molar-refractivity contribution in [1.82, 2.24) is 16.0 Å². The maximum Gasteiger partial charge on any atom is 0.305 e. The van der Waals surface area contributed by atoms with Gasteiger partial charge in [-0.05, 0) is 19.8 Å². The van der Waals surface area contributed by atoms with E-state index in [0.717, 1.165) is 6.92 Å². The Kier molecular flexibility index (Phi) is 9.71. The zero-order valence-corrected chi connectivity index (χ0v) is 13.4. The molecular weight excluding hydrogens is 320 g/mol. The Hall–Kier alpha value is -2.69. The van der Waals surface area contributed by atoms with Crippen molar-refractivity contribution in [3.63, 3.8) is 0 Å². The molecule has 0 aromatic carbocycles. The first kappa shape index (κ1) is 21.3. The van der Waals surface area contributed by atoms with Crippen LogP contribution in [0.25, 0.3) is 0 Å². The van der Waals surface area contributed by atoms with Gasteiger partial charge >= 0.3 is 5.97 Å². The second kappa shape index (κ2) is 10.9. The molecule has 0 spiro atoms. The van der Waals surface area contributed by atoms with Crippen LogP contribution in [0.1, 0.15) is 26.2 Å². The van der Waals surface area contributed by atoms with E-state index in [9.17, 15) is 19.2 Å². The summed E-state index contributed by atoms with van der Waals surface area (Å²) in [7, 11) is 0. The molecule has 0 radical (unpaired) electrons. The Morgan fingerprint density at radius 2 is 1.83 bits per heavy atom. The van der Waals surface area contributed by atoms with Gasteiger partial charge in [-0.2, -0.15) is 0 Å². The highest BCUT2D eigenvalue weighted by atomic mass is 16.4. The van der Waals surface area contributed by atoms with E-state index in [2.05, 4.69) is 16.0 Å². The molecule has 0 bridgehead atoms. The summed E-state index contributed by atoms with van der Waals surface area (Å²) in [5.41, 5.74) is 10.7. The Balaban J connectivity index is 4.14. The van der Waals surface area contributed by atoms with E-state index in [-0.39, 0.29) is 5.96 Å². The second-order valence-corrected chi connectivity index (χ2v) is 5.14. The summed E-state index contributed by atoms with van der Waals surface area (Å²) in [5, 5.41) is 22.7. The van der Waals surface area contributed by atoms with E-state index in [1.807, 2.05) is 0 Å². The maximum absolute atomic E-state index is 11.7. The molecule has 2 amide bonds. The van der Waals surface area contributed by atoms with Crippen molar-refractivity contribution in [2.24, 2.45) is 11.5 Å². The van der Waals surface area contributed by atoms with Gasteiger partial charge in [0.15, 0.2) is 11.7 Å². The normalized spacial score (nSPS) is 12.6. The number of carboxylic acids is 1. The van der Waals surface area contributed by atoms with Gasteiger partial charge in [-0.15, -0.1) is 0 Å². The van der Waals surface area contributed by atoms with Gasteiger partial charge in [-0.3, -0.25) is 24.6 Å². The minimum atomic E-state index is -1.22. The number of hydrogen-bond donors (Lipinski definition) is 7. The number of nitrogens with one attached hydrogen (secondary N) is 4. The highest BCUT2D eigenvalue weighted by Gasteiger charge is 2.21. The molecule has 0 saturated heterocycles. The molecule has 11 nitrogen and oxygen atoms in total. The lowest BCUT2D eigenvalue weighted by Crippen LogP contribution is -2.48. The van der Waals surface area contributed by atoms with Crippen LogP contribution in [0.5, 0.6) is 0 Å². The highest BCUT2D eigenvalue weighted by Crippen LogP contribution is 1.95. The third-order valence-electron chi connectivity index (χ3n) is 2.97. The summed E-state index contributed by atoms with van der Waals surface area (Å²) in [5.74, 6) is -3.13. The van der Waals surface area contributed by atoms with Crippen molar-refractivity contribution >= 4 is 29.5 Å². The maximum atomic E-state index is 11.7. The number of carbonyl (C=O) groups excluding carboxylic acids is 3. The van der Waals surface area contributed by atoms with Crippen LogP contribution in [-0.4, -0.2) is 59.8 Å². The van der Waals surface area contributed by atoms with Crippen LogP contribution in [0.3, 0.4) is 0 Å². The molecule has 0 aliphatic heterocycles. The molecule has 0 saturated carbocycles. The van der Waals surface area contributed by atoms with Crippen LogP contribution in [0.2, 0.25) is 0 Å². The molecule has 0 fully saturated rings. The first-order valence-corrected chi connectivity index (χ1v) is 7.26. The van der Waals surface area contributed by atoms with Crippen molar-refractivity contribution in [3.05, 3.63) is 0 Å². The molecule has 0 aliphatic rings. The molecule has 24 heavy (non-hydrogen) atoms. The zero-order chi connectivity index (χ0) is 18.7. The minimum Gasteiger partial charge on any atom is -0.481 e. The molecule has 11 heteroatoms. The topological polar surface area (TPSA) is 200 Å². The summed E-state index contributed by atoms with van der Waals surface area (Å²) in [4.78, 5) is 45.2. The van der Waals surface area contributed by atoms with Crippen LogP contribution >= 0.6 is 0 Å². The van der Waals surface area contributed by atoms with Crippen LogP contribution < -0.4 is 27.4 Å². The van der Waals surface area contributed by atoms with Gasteiger partial charge in [0, 0.05) is 6.54 Å². The van der Waals surface area contributed by atoms with Crippen molar-refractivity contribution in [2.75, 3.05) is 13.1 Å². The van der Waals surface area contributed by atoms with E-state index < -0.39 is 48.6 Å². The monoisotopic (exact) mass is 344 g/mol. The number of carboxylic acid groups (broad SMARTS) is 1. The SMILES string of the molecule is CC(=O)[C@H](CC(=O)O)NC(=O)CNC(=O)[C@@H](N)CCCNC(=N)N. The van der Waals surface area contributed by atoms with Crippen LogP contribution in [0, 0.1) is 5.41 Å². The van der Waals surface area contributed by atoms with Crippen molar-refractivity contribution < 1.29 is 24.3 Å². The van der Waals surface area contributed by atoms with Crippen molar-refractivity contribution in [2.45, 2.75) is 38.3 Å². The molecule has 0 heterocycles. The molecule has 136 valence electrons. The fourth-order valence-electron chi connectivity index (χ4n) is 1.69. The number of rotatable bonds is 11. The van der Waals surface area contributed by atoms with E-state index >= 15 is 0 Å². The fraction of sp³-hybridized carbons (Fsp3) is 0.615. The van der Waals surface area contributed by atoms with Crippen LogP contribution in [-0.2, 0) is 19.2 Å². The number of hydrogen-bond acceptors (Lipinski definition) is 6. The summed E-state index contributed by atoms with van der Waals surface area (Å²) < 4.78 is 0. The van der Waals surface area contributed by atoms with Crippen molar-refractivity contribution in [3.8, 4) is 0 Å². The summed E-state index contributed by atoms with van der Waals surface area (Å²) in [6, 6.07) is -1.98. The fourth-order valence-corrected chi connectivity index (χ4v) is 1.69. The molecule has 0 unspecified atom stereocenters. The number of guanidine groups is 1. The molecule has 9 N–H and O–H groups in total. The number of aliphatic carboxylic acids is 1. The molecule has 0 aromatic rings. The van der Waals surface area contributed by atoms with Gasteiger partial charge in [0.05, 0.1) is 25.0 Å². The summed E-state index contributed by atoms with van der Waals surface area (Å²) >= 11 is 0.